The van der Waals surface area contributed by atoms with Crippen LogP contribution in [0.15, 0.2) is 18.5 Å². The second kappa shape index (κ2) is 5.49. The normalized spacial score (nSPS) is 23.3. The summed E-state index contributed by atoms with van der Waals surface area (Å²) in [6.07, 6.45) is 8.57. The molecule has 3 nitrogen and oxygen atoms in total. The molecule has 2 unspecified atom stereocenters. The van der Waals surface area contributed by atoms with Gasteiger partial charge in [0.1, 0.15) is 11.3 Å². The number of alkyl halides is 1. The van der Waals surface area contributed by atoms with Crippen LogP contribution >= 0.6 is 11.6 Å². The third-order valence-electron chi connectivity index (χ3n) is 4.19. The minimum atomic E-state index is 0.623. The molecule has 0 amide bonds. The van der Waals surface area contributed by atoms with Crippen molar-refractivity contribution < 1.29 is 0 Å². The first-order valence-electron chi connectivity index (χ1n) is 7.13. The SMILES string of the molecule is CC1CCC(Cn2c(CCCl)nc3cnccc32)C1. The highest BCUT2D eigenvalue weighted by molar-refractivity contribution is 6.17. The van der Waals surface area contributed by atoms with Crippen molar-refractivity contribution in [3.05, 3.63) is 24.3 Å². The lowest BCUT2D eigenvalue weighted by Crippen LogP contribution is -2.11. The molecule has 0 radical (unpaired) electrons. The molecule has 3 rings (SSSR count). The number of hydrogen-bond donors (Lipinski definition) is 0. The fourth-order valence-electron chi connectivity index (χ4n) is 3.26. The first-order chi connectivity index (χ1) is 9.28. The van der Waals surface area contributed by atoms with E-state index in [4.69, 9.17) is 11.6 Å². The van der Waals surface area contributed by atoms with Gasteiger partial charge in [0.15, 0.2) is 0 Å². The average Bonchev–Trinajstić information content (AvgIpc) is 2.96. The summed E-state index contributed by atoms with van der Waals surface area (Å²) in [5.74, 6) is 3.39. The Kier molecular flexibility index (Phi) is 3.74. The number of fused-ring (bicyclic) bond motifs is 1. The highest BCUT2D eigenvalue weighted by atomic mass is 35.5. The number of rotatable bonds is 4. The number of halogens is 1. The molecule has 1 aliphatic rings. The predicted molar refractivity (Wildman–Crippen MR) is 78.5 cm³/mol. The molecule has 1 aliphatic carbocycles. The Morgan fingerprint density at radius 2 is 2.32 bits per heavy atom. The Balaban J connectivity index is 1.93. The van der Waals surface area contributed by atoms with E-state index in [0.717, 1.165) is 36.1 Å². The molecule has 0 spiro atoms. The summed E-state index contributed by atoms with van der Waals surface area (Å²) in [5.41, 5.74) is 2.20. The van der Waals surface area contributed by atoms with Crippen LogP contribution < -0.4 is 0 Å². The van der Waals surface area contributed by atoms with E-state index in [1.807, 2.05) is 12.4 Å². The van der Waals surface area contributed by atoms with Gasteiger partial charge in [-0.1, -0.05) is 13.3 Å². The van der Waals surface area contributed by atoms with Crippen molar-refractivity contribution in [1.82, 2.24) is 14.5 Å². The van der Waals surface area contributed by atoms with Crippen molar-refractivity contribution in [2.24, 2.45) is 11.8 Å². The van der Waals surface area contributed by atoms with Crippen LogP contribution in [-0.2, 0) is 13.0 Å². The van der Waals surface area contributed by atoms with Crippen LogP contribution in [0.1, 0.15) is 32.0 Å². The van der Waals surface area contributed by atoms with Crippen LogP contribution in [0, 0.1) is 11.8 Å². The van der Waals surface area contributed by atoms with Crippen LogP contribution in [0.3, 0.4) is 0 Å². The Bertz CT molecular complexity index is 564. The van der Waals surface area contributed by atoms with Crippen LogP contribution in [0.4, 0.5) is 0 Å². The van der Waals surface area contributed by atoms with Gasteiger partial charge in [0.25, 0.3) is 0 Å². The Hall–Kier alpha value is -1.09. The minimum absolute atomic E-state index is 0.623. The van der Waals surface area contributed by atoms with E-state index >= 15 is 0 Å². The zero-order chi connectivity index (χ0) is 13.2. The van der Waals surface area contributed by atoms with Gasteiger partial charge in [-0.15, -0.1) is 11.6 Å². The molecule has 0 bridgehead atoms. The van der Waals surface area contributed by atoms with Gasteiger partial charge >= 0.3 is 0 Å². The van der Waals surface area contributed by atoms with Crippen LogP contribution in [0.5, 0.6) is 0 Å². The van der Waals surface area contributed by atoms with Crippen molar-refractivity contribution in [3.8, 4) is 0 Å². The largest absolute Gasteiger partial charge is 0.328 e. The van der Waals surface area contributed by atoms with Gasteiger partial charge in [-0.05, 0) is 30.7 Å². The fraction of sp³-hybridized carbons (Fsp3) is 0.600. The number of imidazole rings is 1. The molecule has 0 aliphatic heterocycles. The molecule has 2 heterocycles. The molecule has 102 valence electrons. The van der Waals surface area contributed by atoms with E-state index in [1.165, 1.54) is 24.8 Å². The summed E-state index contributed by atoms with van der Waals surface area (Å²) in [5, 5.41) is 0. The van der Waals surface area contributed by atoms with E-state index in [9.17, 15) is 0 Å². The maximum absolute atomic E-state index is 5.91. The van der Waals surface area contributed by atoms with Gasteiger partial charge in [0.05, 0.1) is 11.7 Å². The van der Waals surface area contributed by atoms with Crippen LogP contribution in [-0.4, -0.2) is 20.4 Å². The minimum Gasteiger partial charge on any atom is -0.328 e. The van der Waals surface area contributed by atoms with Crippen molar-refractivity contribution in [2.75, 3.05) is 5.88 Å². The fourth-order valence-corrected chi connectivity index (χ4v) is 3.43. The summed E-state index contributed by atoms with van der Waals surface area (Å²) < 4.78 is 2.36. The Morgan fingerprint density at radius 1 is 1.42 bits per heavy atom. The molecular weight excluding hydrogens is 258 g/mol. The van der Waals surface area contributed by atoms with Crippen molar-refractivity contribution in [1.29, 1.82) is 0 Å². The topological polar surface area (TPSA) is 30.7 Å². The number of hydrogen-bond acceptors (Lipinski definition) is 2. The number of aromatic nitrogens is 3. The van der Waals surface area contributed by atoms with E-state index in [2.05, 4.69) is 27.5 Å². The lowest BCUT2D eigenvalue weighted by molar-refractivity contribution is 0.439. The molecule has 0 saturated heterocycles. The zero-order valence-corrected chi connectivity index (χ0v) is 12.1. The average molecular weight is 278 g/mol. The molecule has 0 N–H and O–H groups in total. The highest BCUT2D eigenvalue weighted by Crippen LogP contribution is 2.32. The Morgan fingerprint density at radius 3 is 3.05 bits per heavy atom. The van der Waals surface area contributed by atoms with Crippen molar-refractivity contribution >= 4 is 22.6 Å². The number of aryl methyl sites for hydroxylation is 1. The zero-order valence-electron chi connectivity index (χ0n) is 11.3. The molecule has 2 aromatic rings. The van der Waals surface area contributed by atoms with E-state index in [0.29, 0.717) is 5.88 Å². The monoisotopic (exact) mass is 277 g/mol. The molecule has 19 heavy (non-hydrogen) atoms. The molecule has 2 atom stereocenters. The van der Waals surface area contributed by atoms with Crippen LogP contribution in [0.2, 0.25) is 0 Å². The molecule has 1 fully saturated rings. The second-order valence-electron chi connectivity index (χ2n) is 5.73. The molecule has 1 saturated carbocycles. The van der Waals surface area contributed by atoms with Crippen LogP contribution in [0.25, 0.3) is 11.0 Å². The predicted octanol–water partition coefficient (Wildman–Crippen LogP) is 3.65. The summed E-state index contributed by atoms with van der Waals surface area (Å²) in [7, 11) is 0. The summed E-state index contributed by atoms with van der Waals surface area (Å²) in [4.78, 5) is 8.84. The Labute approximate surface area is 119 Å². The van der Waals surface area contributed by atoms with Gasteiger partial charge in [0.2, 0.25) is 0 Å². The molecule has 2 aromatic heterocycles. The number of pyridine rings is 1. The van der Waals surface area contributed by atoms with Gasteiger partial charge in [-0.2, -0.15) is 0 Å². The molecule has 4 heteroatoms. The summed E-state index contributed by atoms with van der Waals surface area (Å²) >= 11 is 5.91. The second-order valence-corrected chi connectivity index (χ2v) is 6.10. The van der Waals surface area contributed by atoms with Crippen molar-refractivity contribution in [2.45, 2.75) is 39.2 Å². The maximum atomic E-state index is 5.91. The van der Waals surface area contributed by atoms with E-state index in [1.54, 1.807) is 0 Å². The lowest BCUT2D eigenvalue weighted by atomic mass is 10.1. The third-order valence-corrected chi connectivity index (χ3v) is 4.38. The quantitative estimate of drug-likeness (QED) is 0.799. The highest BCUT2D eigenvalue weighted by Gasteiger charge is 2.23. The first kappa shape index (κ1) is 12.9. The molecular formula is C15H20ClN3. The van der Waals surface area contributed by atoms with Gasteiger partial charge in [0, 0.05) is 25.0 Å². The van der Waals surface area contributed by atoms with E-state index < -0.39 is 0 Å². The van der Waals surface area contributed by atoms with Gasteiger partial charge < -0.3 is 4.57 Å². The van der Waals surface area contributed by atoms with Gasteiger partial charge in [-0.3, -0.25) is 4.98 Å². The summed E-state index contributed by atoms with van der Waals surface area (Å²) in [6.45, 7) is 3.44. The number of nitrogens with zero attached hydrogens (tertiary/aromatic N) is 3. The third kappa shape index (κ3) is 2.62. The van der Waals surface area contributed by atoms with E-state index in [-0.39, 0.29) is 0 Å². The van der Waals surface area contributed by atoms with Gasteiger partial charge in [-0.25, -0.2) is 4.98 Å². The summed E-state index contributed by atoms with van der Waals surface area (Å²) in [6, 6.07) is 2.07. The first-order valence-corrected chi connectivity index (χ1v) is 7.66. The maximum Gasteiger partial charge on any atom is 0.111 e. The lowest BCUT2D eigenvalue weighted by Gasteiger charge is -2.14. The van der Waals surface area contributed by atoms with Crippen molar-refractivity contribution in [3.63, 3.8) is 0 Å². The smallest absolute Gasteiger partial charge is 0.111 e. The standard InChI is InChI=1S/C15H20ClN3/c1-11-2-3-12(8-11)10-19-14-5-7-17-9-13(14)18-15(19)4-6-16/h5,7,9,11-12H,2-4,6,8,10H2,1H3. The molecule has 0 aromatic carbocycles.